The van der Waals surface area contributed by atoms with E-state index in [0.29, 0.717) is 17.9 Å². The van der Waals surface area contributed by atoms with E-state index in [1.165, 1.54) is 30.4 Å². The molecule has 1 saturated heterocycles. The maximum absolute atomic E-state index is 6.04. The Kier molecular flexibility index (Phi) is 4.34. The lowest BCUT2D eigenvalue weighted by Gasteiger charge is -2.34. The van der Waals surface area contributed by atoms with Crippen molar-refractivity contribution in [3.8, 4) is 0 Å². The Morgan fingerprint density at radius 3 is 2.38 bits per heavy atom. The molecule has 0 amide bonds. The minimum Gasteiger partial charge on any atom is -0.375 e. The van der Waals surface area contributed by atoms with Gasteiger partial charge < -0.3 is 4.74 Å². The van der Waals surface area contributed by atoms with Gasteiger partial charge in [-0.15, -0.1) is 0 Å². The summed E-state index contributed by atoms with van der Waals surface area (Å²) in [7, 11) is 0. The van der Waals surface area contributed by atoms with Crippen LogP contribution < -0.4 is 11.3 Å². The second-order valence-corrected chi connectivity index (χ2v) is 6.88. The van der Waals surface area contributed by atoms with Crippen molar-refractivity contribution >= 4 is 0 Å². The molecule has 2 aliphatic rings. The van der Waals surface area contributed by atoms with Crippen molar-refractivity contribution in [1.29, 1.82) is 0 Å². The van der Waals surface area contributed by atoms with E-state index >= 15 is 0 Å². The van der Waals surface area contributed by atoms with Crippen molar-refractivity contribution < 1.29 is 4.74 Å². The predicted molar refractivity (Wildman–Crippen MR) is 85.8 cm³/mol. The monoisotopic (exact) mass is 288 g/mol. The van der Waals surface area contributed by atoms with Crippen LogP contribution >= 0.6 is 0 Å². The Balaban J connectivity index is 1.93. The molecule has 1 aliphatic carbocycles. The Morgan fingerprint density at radius 2 is 1.86 bits per heavy atom. The molecule has 5 unspecified atom stereocenters. The largest absolute Gasteiger partial charge is 0.375 e. The van der Waals surface area contributed by atoms with Gasteiger partial charge in [-0.05, 0) is 49.7 Å². The zero-order valence-electron chi connectivity index (χ0n) is 13.4. The lowest BCUT2D eigenvalue weighted by Crippen LogP contribution is -2.39. The maximum Gasteiger partial charge on any atom is 0.0601 e. The number of hydrogen-bond donors (Lipinski definition) is 2. The molecule has 5 atom stereocenters. The molecule has 1 aromatic carbocycles. The highest BCUT2D eigenvalue weighted by molar-refractivity contribution is 5.35. The second-order valence-electron chi connectivity index (χ2n) is 6.88. The number of hydrogen-bond acceptors (Lipinski definition) is 3. The molecule has 0 aromatic heterocycles. The zero-order valence-corrected chi connectivity index (χ0v) is 13.4. The van der Waals surface area contributed by atoms with Crippen LogP contribution in [0.4, 0.5) is 0 Å². The molecule has 2 fully saturated rings. The van der Waals surface area contributed by atoms with E-state index in [1.807, 2.05) is 0 Å². The van der Waals surface area contributed by atoms with Crippen LogP contribution in [-0.2, 0) is 4.74 Å². The minimum atomic E-state index is 0.178. The third-order valence-electron chi connectivity index (χ3n) is 5.76. The van der Waals surface area contributed by atoms with Gasteiger partial charge in [-0.1, -0.05) is 37.6 Å². The molecule has 1 heterocycles. The first kappa shape index (κ1) is 15.0. The van der Waals surface area contributed by atoms with Gasteiger partial charge >= 0.3 is 0 Å². The number of ether oxygens (including phenoxy) is 1. The van der Waals surface area contributed by atoms with E-state index in [-0.39, 0.29) is 12.1 Å². The lowest BCUT2D eigenvalue weighted by molar-refractivity contribution is 0.0474. The topological polar surface area (TPSA) is 47.3 Å². The molecule has 3 nitrogen and oxygen atoms in total. The maximum atomic E-state index is 6.04. The Hall–Kier alpha value is -0.900. The normalized spacial score (nSPS) is 34.7. The lowest BCUT2D eigenvalue weighted by atomic mass is 9.73. The molecule has 3 rings (SSSR count). The van der Waals surface area contributed by atoms with Crippen LogP contribution in [0.15, 0.2) is 24.3 Å². The van der Waals surface area contributed by atoms with Gasteiger partial charge in [0.05, 0.1) is 18.2 Å². The zero-order chi connectivity index (χ0) is 15.0. The van der Waals surface area contributed by atoms with Crippen molar-refractivity contribution in [2.75, 3.05) is 0 Å². The van der Waals surface area contributed by atoms with Crippen LogP contribution in [0.3, 0.4) is 0 Å². The highest BCUT2D eigenvalue weighted by Gasteiger charge is 2.42. The average Bonchev–Trinajstić information content (AvgIpc) is 2.66. The van der Waals surface area contributed by atoms with Crippen LogP contribution in [0.25, 0.3) is 0 Å². The fourth-order valence-electron chi connectivity index (χ4n) is 4.16. The van der Waals surface area contributed by atoms with Crippen LogP contribution in [0.5, 0.6) is 0 Å². The van der Waals surface area contributed by atoms with E-state index < -0.39 is 0 Å². The summed E-state index contributed by atoms with van der Waals surface area (Å²) in [5.74, 6) is 7.63. The van der Waals surface area contributed by atoms with Gasteiger partial charge in [-0.2, -0.15) is 0 Å². The van der Waals surface area contributed by atoms with E-state index in [4.69, 9.17) is 10.6 Å². The van der Waals surface area contributed by atoms with Crippen molar-refractivity contribution in [1.82, 2.24) is 5.43 Å². The molecule has 3 N–H and O–H groups in total. The molecule has 0 spiro atoms. The van der Waals surface area contributed by atoms with Gasteiger partial charge in [0.1, 0.15) is 0 Å². The summed E-state index contributed by atoms with van der Waals surface area (Å²) >= 11 is 0. The quantitative estimate of drug-likeness (QED) is 0.658. The number of nitrogens with one attached hydrogen (secondary N) is 1. The standard InChI is InChI=1S/C18H28N2O/c1-11-12(2)21-13(3)17(11)18(20-19)16-10-5-4-9-15(16)14-7-6-8-14/h4-5,9-14,17-18,20H,6-8,19H2,1-3H3. The summed E-state index contributed by atoms with van der Waals surface area (Å²) in [5.41, 5.74) is 5.98. The molecular weight excluding hydrogens is 260 g/mol. The van der Waals surface area contributed by atoms with Gasteiger partial charge in [-0.25, -0.2) is 0 Å². The fraction of sp³-hybridized carbons (Fsp3) is 0.667. The highest BCUT2D eigenvalue weighted by atomic mass is 16.5. The van der Waals surface area contributed by atoms with Gasteiger partial charge in [-0.3, -0.25) is 11.3 Å². The Bertz CT molecular complexity index is 486. The van der Waals surface area contributed by atoms with Crippen LogP contribution in [-0.4, -0.2) is 12.2 Å². The van der Waals surface area contributed by atoms with Gasteiger partial charge in [0.2, 0.25) is 0 Å². The minimum absolute atomic E-state index is 0.178. The molecule has 1 aromatic rings. The molecular formula is C18H28N2O. The molecule has 3 heteroatoms. The predicted octanol–water partition coefficient (Wildman–Crippen LogP) is 3.52. The van der Waals surface area contributed by atoms with Crippen LogP contribution in [0.1, 0.15) is 63.1 Å². The molecule has 1 saturated carbocycles. The first-order valence-corrected chi connectivity index (χ1v) is 8.34. The van der Waals surface area contributed by atoms with E-state index in [1.54, 1.807) is 0 Å². The summed E-state index contributed by atoms with van der Waals surface area (Å²) in [5, 5.41) is 0. The van der Waals surface area contributed by atoms with Gasteiger partial charge in [0.25, 0.3) is 0 Å². The number of nitrogens with two attached hydrogens (primary N) is 1. The summed E-state index contributed by atoms with van der Waals surface area (Å²) in [6.07, 6.45) is 4.53. The van der Waals surface area contributed by atoms with Crippen molar-refractivity contribution in [2.45, 2.75) is 64.2 Å². The molecule has 1 aliphatic heterocycles. The summed E-state index contributed by atoms with van der Waals surface area (Å²) in [6.45, 7) is 6.64. The van der Waals surface area contributed by atoms with Gasteiger partial charge in [0, 0.05) is 5.92 Å². The number of benzene rings is 1. The molecule has 21 heavy (non-hydrogen) atoms. The first-order chi connectivity index (χ1) is 10.1. The number of hydrazine groups is 1. The third kappa shape index (κ3) is 2.63. The van der Waals surface area contributed by atoms with Gasteiger partial charge in [0.15, 0.2) is 0 Å². The van der Waals surface area contributed by atoms with Crippen molar-refractivity contribution in [3.63, 3.8) is 0 Å². The van der Waals surface area contributed by atoms with E-state index in [0.717, 1.165) is 5.92 Å². The Labute approximate surface area is 128 Å². The van der Waals surface area contributed by atoms with Crippen LogP contribution in [0.2, 0.25) is 0 Å². The molecule has 0 radical (unpaired) electrons. The smallest absolute Gasteiger partial charge is 0.0601 e. The summed E-state index contributed by atoms with van der Waals surface area (Å²) < 4.78 is 6.04. The second kappa shape index (κ2) is 6.07. The average molecular weight is 288 g/mol. The van der Waals surface area contributed by atoms with Crippen molar-refractivity contribution in [2.24, 2.45) is 17.7 Å². The number of rotatable bonds is 4. The molecule has 0 bridgehead atoms. The third-order valence-corrected chi connectivity index (χ3v) is 5.76. The Morgan fingerprint density at radius 1 is 1.14 bits per heavy atom. The van der Waals surface area contributed by atoms with E-state index in [9.17, 15) is 0 Å². The van der Waals surface area contributed by atoms with Crippen molar-refractivity contribution in [3.05, 3.63) is 35.4 Å². The highest BCUT2D eigenvalue weighted by Crippen LogP contribution is 2.45. The van der Waals surface area contributed by atoms with E-state index in [2.05, 4.69) is 50.5 Å². The first-order valence-electron chi connectivity index (χ1n) is 8.34. The SMILES string of the molecule is CC1OC(C)C(C(NN)c2ccccc2C2CCC2)C1C. The summed E-state index contributed by atoms with van der Waals surface area (Å²) in [4.78, 5) is 0. The fourth-order valence-corrected chi connectivity index (χ4v) is 4.16. The summed E-state index contributed by atoms with van der Waals surface area (Å²) in [6, 6.07) is 9.01. The molecule has 116 valence electrons. The van der Waals surface area contributed by atoms with Crippen LogP contribution in [0, 0.1) is 11.8 Å².